The minimum atomic E-state index is -1.94. The number of rotatable bonds is 1. The van der Waals surface area contributed by atoms with E-state index in [0.29, 0.717) is 23.4 Å². The van der Waals surface area contributed by atoms with Crippen LogP contribution in [0.4, 0.5) is 0 Å². The number of halogens is 1. The second kappa shape index (κ2) is 6.49. The van der Waals surface area contributed by atoms with Crippen LogP contribution in [0.5, 0.6) is 0 Å². The molecule has 7 heteroatoms. The van der Waals surface area contributed by atoms with E-state index in [2.05, 4.69) is 18.2 Å². The Labute approximate surface area is 168 Å². The molecule has 0 radical (unpaired) electrons. The predicted octanol–water partition coefficient (Wildman–Crippen LogP) is 4.63. The summed E-state index contributed by atoms with van der Waals surface area (Å²) in [6, 6.07) is 13.2. The molecule has 1 aromatic rings. The van der Waals surface area contributed by atoms with Crippen molar-refractivity contribution in [2.45, 2.75) is 50.4 Å². The topological polar surface area (TPSA) is 114 Å². The van der Waals surface area contributed by atoms with Crippen molar-refractivity contribution in [3.63, 3.8) is 0 Å². The molecule has 0 amide bonds. The molecule has 3 aliphatic rings. The van der Waals surface area contributed by atoms with Crippen molar-refractivity contribution in [1.82, 2.24) is 0 Å². The second-order valence-electron chi connectivity index (χ2n) is 7.72. The molecule has 3 fully saturated rings. The normalized spacial score (nSPS) is 35.9. The molecule has 2 heterocycles. The molecule has 2 bridgehead atoms. The number of hydrogen-bond acceptors (Lipinski definition) is 6. The van der Waals surface area contributed by atoms with Crippen LogP contribution in [0.1, 0.15) is 50.2 Å². The first-order valence-electron chi connectivity index (χ1n) is 9.45. The summed E-state index contributed by atoms with van der Waals surface area (Å²) in [6.07, 6.45) is 3.66. The van der Waals surface area contributed by atoms with E-state index in [1.807, 2.05) is 0 Å². The molecule has 4 atom stereocenters. The highest BCUT2D eigenvalue weighted by Crippen LogP contribution is 2.69. The first-order valence-corrected chi connectivity index (χ1v) is 9.83. The molecule has 4 rings (SSSR count). The lowest BCUT2D eigenvalue weighted by molar-refractivity contribution is -0.289. The van der Waals surface area contributed by atoms with Crippen molar-refractivity contribution < 1.29 is 9.47 Å². The Hall–Kier alpha value is -2.59. The molecule has 2 saturated heterocycles. The highest BCUT2D eigenvalue weighted by molar-refractivity contribution is 6.31. The summed E-state index contributed by atoms with van der Waals surface area (Å²) in [6.45, 7) is 0. The van der Waals surface area contributed by atoms with Crippen molar-refractivity contribution in [3.05, 3.63) is 34.9 Å². The van der Waals surface area contributed by atoms with E-state index in [-0.39, 0.29) is 5.90 Å². The van der Waals surface area contributed by atoms with Gasteiger partial charge in [-0.25, -0.2) is 0 Å². The second-order valence-corrected chi connectivity index (χ2v) is 8.13. The van der Waals surface area contributed by atoms with Crippen LogP contribution in [-0.2, 0) is 9.47 Å². The molecule has 2 aliphatic heterocycles. The predicted molar refractivity (Wildman–Crippen MR) is 99.7 cm³/mol. The van der Waals surface area contributed by atoms with Crippen LogP contribution >= 0.6 is 11.6 Å². The fourth-order valence-electron chi connectivity index (χ4n) is 5.18. The molecule has 6 nitrogen and oxygen atoms in total. The van der Waals surface area contributed by atoms with E-state index in [0.717, 1.165) is 25.7 Å². The maximum atomic E-state index is 10.3. The van der Waals surface area contributed by atoms with E-state index in [1.165, 1.54) is 0 Å². The van der Waals surface area contributed by atoms with Gasteiger partial charge >= 0.3 is 0 Å². The van der Waals surface area contributed by atoms with Gasteiger partial charge in [0.15, 0.2) is 5.41 Å². The Morgan fingerprint density at radius 2 is 1.75 bits per heavy atom. The average molecular weight is 395 g/mol. The minimum Gasteiger partial charge on any atom is -0.447 e. The van der Waals surface area contributed by atoms with Crippen LogP contribution in [-0.4, -0.2) is 11.7 Å². The maximum Gasteiger partial charge on any atom is 0.217 e. The van der Waals surface area contributed by atoms with E-state index in [4.69, 9.17) is 26.5 Å². The van der Waals surface area contributed by atoms with Crippen LogP contribution < -0.4 is 0 Å². The molecule has 0 spiro atoms. The molecule has 1 aliphatic carbocycles. The Kier molecular flexibility index (Phi) is 4.35. The van der Waals surface area contributed by atoms with E-state index < -0.39 is 28.6 Å². The van der Waals surface area contributed by atoms with Crippen molar-refractivity contribution in [3.8, 4) is 18.2 Å². The van der Waals surface area contributed by atoms with Gasteiger partial charge in [0, 0.05) is 17.0 Å². The fraction of sp³-hybridized carbons (Fsp3) is 0.524. The zero-order valence-electron chi connectivity index (χ0n) is 15.2. The minimum absolute atomic E-state index is 0.334. The standard InChI is InChI=1S/C21H19ClN4O2/c22-15-8-5-4-7-14(15)17-19(11-23,12-24)20(13-25)16-9-3-1-2-6-10-21(16,27-17)28-18(20)26/h4-5,7-8,16-17,26H,1-3,6,9-10H2. The molecule has 142 valence electrons. The number of nitrogens with one attached hydrogen (secondary N) is 1. The highest BCUT2D eigenvalue weighted by atomic mass is 35.5. The molecular weight excluding hydrogens is 376 g/mol. The fourth-order valence-corrected chi connectivity index (χ4v) is 5.42. The van der Waals surface area contributed by atoms with Gasteiger partial charge in [-0.2, -0.15) is 15.8 Å². The summed E-state index contributed by atoms with van der Waals surface area (Å²) < 4.78 is 12.4. The van der Waals surface area contributed by atoms with Crippen molar-refractivity contribution in [2.24, 2.45) is 16.7 Å². The molecule has 28 heavy (non-hydrogen) atoms. The first-order chi connectivity index (χ1) is 13.5. The molecule has 1 saturated carbocycles. The SMILES string of the molecule is N#CC1(C#N)C(c2ccccc2Cl)OC23CCCCCCC2C1(C#N)C(=N)O3. The van der Waals surface area contributed by atoms with Crippen LogP contribution in [0, 0.1) is 56.2 Å². The van der Waals surface area contributed by atoms with Crippen molar-refractivity contribution in [1.29, 1.82) is 21.2 Å². The molecule has 0 aromatic heterocycles. The number of hydrogen-bond donors (Lipinski definition) is 1. The summed E-state index contributed by atoms with van der Waals surface area (Å²) in [4.78, 5) is 0. The summed E-state index contributed by atoms with van der Waals surface area (Å²) in [5, 5.41) is 39.6. The van der Waals surface area contributed by atoms with Crippen LogP contribution in [0.25, 0.3) is 0 Å². The van der Waals surface area contributed by atoms with Gasteiger partial charge in [0.25, 0.3) is 0 Å². The zero-order chi connectivity index (χ0) is 20.0. The summed E-state index contributed by atoms with van der Waals surface area (Å²) in [7, 11) is 0. The lowest BCUT2D eigenvalue weighted by Gasteiger charge is -2.50. The van der Waals surface area contributed by atoms with Gasteiger partial charge in [0.1, 0.15) is 6.10 Å². The number of benzene rings is 1. The van der Waals surface area contributed by atoms with Gasteiger partial charge in [-0.3, -0.25) is 5.41 Å². The van der Waals surface area contributed by atoms with Gasteiger partial charge in [0.05, 0.1) is 24.1 Å². The smallest absolute Gasteiger partial charge is 0.217 e. The van der Waals surface area contributed by atoms with Crippen LogP contribution in [0.15, 0.2) is 24.3 Å². The number of nitrogens with zero attached hydrogens (tertiary/aromatic N) is 3. The van der Waals surface area contributed by atoms with Crippen LogP contribution in [0.2, 0.25) is 5.02 Å². The Morgan fingerprint density at radius 1 is 1.04 bits per heavy atom. The molecular formula is C21H19ClN4O2. The van der Waals surface area contributed by atoms with Crippen molar-refractivity contribution >= 4 is 17.5 Å². The molecule has 1 aromatic carbocycles. The van der Waals surface area contributed by atoms with E-state index in [1.54, 1.807) is 24.3 Å². The summed E-state index contributed by atoms with van der Waals surface area (Å²) >= 11 is 6.39. The Balaban J connectivity index is 2.01. The number of ether oxygens (including phenoxy) is 2. The Morgan fingerprint density at radius 3 is 2.43 bits per heavy atom. The average Bonchev–Trinajstić information content (AvgIpc) is 2.85. The van der Waals surface area contributed by atoms with Gasteiger partial charge in [-0.05, 0) is 18.9 Å². The van der Waals surface area contributed by atoms with Crippen LogP contribution in [0.3, 0.4) is 0 Å². The molecule has 4 unspecified atom stereocenters. The highest BCUT2D eigenvalue weighted by Gasteiger charge is 2.80. The lowest BCUT2D eigenvalue weighted by Crippen LogP contribution is -2.59. The zero-order valence-corrected chi connectivity index (χ0v) is 16.0. The lowest BCUT2D eigenvalue weighted by atomic mass is 9.52. The van der Waals surface area contributed by atoms with Gasteiger partial charge in [-0.1, -0.05) is 49.1 Å². The van der Waals surface area contributed by atoms with Gasteiger partial charge < -0.3 is 9.47 Å². The van der Waals surface area contributed by atoms with E-state index in [9.17, 15) is 15.8 Å². The third-order valence-corrected chi connectivity index (χ3v) is 6.85. The summed E-state index contributed by atoms with van der Waals surface area (Å²) in [5.41, 5.74) is -3.17. The first kappa shape index (κ1) is 18.8. The van der Waals surface area contributed by atoms with Gasteiger partial charge in [-0.15, -0.1) is 0 Å². The monoisotopic (exact) mass is 394 g/mol. The van der Waals surface area contributed by atoms with Gasteiger partial charge in [0.2, 0.25) is 17.1 Å². The largest absolute Gasteiger partial charge is 0.447 e. The third kappa shape index (κ3) is 2.12. The van der Waals surface area contributed by atoms with E-state index >= 15 is 0 Å². The van der Waals surface area contributed by atoms with Crippen molar-refractivity contribution in [2.75, 3.05) is 0 Å². The Bertz CT molecular complexity index is 944. The molecule has 1 N–H and O–H groups in total. The third-order valence-electron chi connectivity index (χ3n) is 6.50. The quantitative estimate of drug-likeness (QED) is 0.745. The summed E-state index contributed by atoms with van der Waals surface area (Å²) in [5.74, 6) is -2.07. The number of nitriles is 3. The maximum absolute atomic E-state index is 10.3.